The molecule has 0 bridgehead atoms. The second kappa shape index (κ2) is 10.4. The Hall–Kier alpha value is -1.70. The van der Waals surface area contributed by atoms with Crippen molar-refractivity contribution in [2.75, 3.05) is 17.7 Å². The minimum atomic E-state index is -0.107. The molecule has 2 heterocycles. The van der Waals surface area contributed by atoms with Crippen LogP contribution >= 0.6 is 22.9 Å². The van der Waals surface area contributed by atoms with Gasteiger partial charge in [-0.3, -0.25) is 0 Å². The molecule has 160 valence electrons. The third-order valence-corrected chi connectivity index (χ3v) is 6.18. The van der Waals surface area contributed by atoms with Crippen LogP contribution in [-0.4, -0.2) is 38.7 Å². The fourth-order valence-corrected chi connectivity index (χ4v) is 4.28. The summed E-state index contributed by atoms with van der Waals surface area (Å²) < 4.78 is 0. The summed E-state index contributed by atoms with van der Waals surface area (Å²) in [6, 6.07) is 0.419. The van der Waals surface area contributed by atoms with Gasteiger partial charge in [-0.25, -0.2) is 9.97 Å². The monoisotopic (exact) mass is 437 g/mol. The summed E-state index contributed by atoms with van der Waals surface area (Å²) >= 11 is 8.17. The minimum absolute atomic E-state index is 0.107. The molecule has 1 saturated carbocycles. The quantitative estimate of drug-likeness (QED) is 0.471. The molecule has 1 fully saturated rings. The summed E-state index contributed by atoms with van der Waals surface area (Å²) in [5, 5.41) is 17.2. The second-order valence-corrected chi connectivity index (χ2v) is 9.08. The molecule has 0 unspecified atom stereocenters. The lowest BCUT2D eigenvalue weighted by Gasteiger charge is -2.25. The van der Waals surface area contributed by atoms with Gasteiger partial charge in [0.25, 0.3) is 0 Å². The van der Waals surface area contributed by atoms with Gasteiger partial charge >= 0.3 is 0 Å². The van der Waals surface area contributed by atoms with E-state index in [1.54, 1.807) is 11.3 Å². The van der Waals surface area contributed by atoms with Crippen molar-refractivity contribution < 1.29 is 5.11 Å². The van der Waals surface area contributed by atoms with Crippen molar-refractivity contribution in [3.63, 3.8) is 0 Å². The number of aliphatic hydroxyl groups is 1. The van der Waals surface area contributed by atoms with Crippen molar-refractivity contribution in [1.82, 2.24) is 15.0 Å². The summed E-state index contributed by atoms with van der Waals surface area (Å²) in [6.45, 7) is 12.3. The van der Waals surface area contributed by atoms with Crippen LogP contribution in [0.15, 0.2) is 12.0 Å². The summed E-state index contributed by atoms with van der Waals surface area (Å²) in [7, 11) is 1.00. The Labute approximate surface area is 182 Å². The number of hydrogen-bond donors (Lipinski definition) is 3. The van der Waals surface area contributed by atoms with Crippen molar-refractivity contribution >= 4 is 40.3 Å². The highest BCUT2D eigenvalue weighted by molar-refractivity contribution is 7.13. The van der Waals surface area contributed by atoms with Crippen LogP contribution in [0.2, 0.25) is 5.15 Å². The number of nitrogens with zero attached hydrogens (tertiary/aromatic N) is 3. The first-order valence-corrected chi connectivity index (χ1v) is 11.2. The molecule has 1 aliphatic rings. The van der Waals surface area contributed by atoms with Crippen molar-refractivity contribution in [3.05, 3.63) is 22.8 Å². The lowest BCUT2D eigenvalue weighted by atomic mass is 10.0. The minimum Gasteiger partial charge on any atom is -0.400 e. The molecule has 3 N–H and O–H groups in total. The van der Waals surface area contributed by atoms with Crippen molar-refractivity contribution in [1.29, 1.82) is 0 Å². The first-order chi connectivity index (χ1) is 13.8. The Bertz CT molecular complexity index is 830. The highest BCUT2D eigenvalue weighted by Crippen LogP contribution is 2.38. The van der Waals surface area contributed by atoms with Crippen LogP contribution in [0.4, 0.5) is 11.8 Å². The Morgan fingerprint density at radius 2 is 1.93 bits per heavy atom. The predicted octanol–water partition coefficient (Wildman–Crippen LogP) is 5.85. The molecule has 0 saturated heterocycles. The molecule has 6 nitrogen and oxygen atoms in total. The summed E-state index contributed by atoms with van der Waals surface area (Å²) in [5.41, 5.74) is 2.49. The van der Waals surface area contributed by atoms with Gasteiger partial charge in [0.1, 0.15) is 16.0 Å². The largest absolute Gasteiger partial charge is 0.400 e. The SMILES string of the molecule is C=C(C)c1csc(-c2c(Cl)nc(NC(C)(C)CC)nc2NC2CCCC2)n1.CO. The predicted molar refractivity (Wildman–Crippen MR) is 125 cm³/mol. The number of nitrogens with one attached hydrogen (secondary N) is 2. The molecule has 8 heteroatoms. The molecule has 1 aliphatic carbocycles. The molecule has 0 aromatic carbocycles. The number of anilines is 2. The van der Waals surface area contributed by atoms with Crippen LogP contribution in [0.25, 0.3) is 16.1 Å². The zero-order valence-corrected chi connectivity index (χ0v) is 19.5. The molecule has 2 aromatic rings. The first kappa shape index (κ1) is 23.6. The number of allylic oxidation sites excluding steroid dienone is 1. The lowest BCUT2D eigenvalue weighted by molar-refractivity contribution is 0.399. The maximum absolute atomic E-state index is 7.00. The van der Waals surface area contributed by atoms with Crippen LogP contribution in [0, 0.1) is 0 Å². The van der Waals surface area contributed by atoms with Crippen LogP contribution in [0.3, 0.4) is 0 Å². The van der Waals surface area contributed by atoms with Crippen molar-refractivity contribution in [3.8, 4) is 10.6 Å². The smallest absolute Gasteiger partial charge is 0.226 e. The highest BCUT2D eigenvalue weighted by atomic mass is 35.5. The van der Waals surface area contributed by atoms with Gasteiger partial charge in [-0.15, -0.1) is 11.3 Å². The fraction of sp³-hybridized carbons (Fsp3) is 0.571. The molecule has 0 aliphatic heterocycles. The number of aromatic nitrogens is 3. The molecule has 3 rings (SSSR count). The van der Waals surface area contributed by atoms with Gasteiger partial charge in [-0.2, -0.15) is 4.98 Å². The average Bonchev–Trinajstić information content (AvgIpc) is 3.35. The zero-order chi connectivity index (χ0) is 21.6. The number of hydrogen-bond acceptors (Lipinski definition) is 7. The Kier molecular flexibility index (Phi) is 8.43. The molecule has 29 heavy (non-hydrogen) atoms. The van der Waals surface area contributed by atoms with Crippen LogP contribution in [0.5, 0.6) is 0 Å². The Morgan fingerprint density at radius 3 is 2.48 bits per heavy atom. The van der Waals surface area contributed by atoms with Crippen LogP contribution in [-0.2, 0) is 0 Å². The molecule has 0 atom stereocenters. The number of aliphatic hydroxyl groups excluding tert-OH is 1. The normalized spacial score (nSPS) is 14.3. The molecule has 2 aromatic heterocycles. The van der Waals surface area contributed by atoms with E-state index in [4.69, 9.17) is 26.7 Å². The number of thiazole rings is 1. The van der Waals surface area contributed by atoms with Gasteiger partial charge < -0.3 is 15.7 Å². The third kappa shape index (κ3) is 6.14. The molecule has 0 amide bonds. The molecular weight excluding hydrogens is 406 g/mol. The Morgan fingerprint density at radius 1 is 1.28 bits per heavy atom. The van der Waals surface area contributed by atoms with Crippen molar-refractivity contribution in [2.45, 2.75) is 71.4 Å². The molecule has 0 radical (unpaired) electrons. The average molecular weight is 438 g/mol. The summed E-state index contributed by atoms with van der Waals surface area (Å²) in [5.74, 6) is 1.31. The van der Waals surface area contributed by atoms with Crippen LogP contribution in [0.1, 0.15) is 65.5 Å². The topological polar surface area (TPSA) is 83.0 Å². The third-order valence-electron chi connectivity index (χ3n) is 5.05. The van der Waals surface area contributed by atoms with Gasteiger partial charge in [0.05, 0.1) is 11.3 Å². The highest BCUT2D eigenvalue weighted by Gasteiger charge is 2.24. The van der Waals surface area contributed by atoms with E-state index < -0.39 is 0 Å². The standard InChI is InChI=1S/C20H28ClN5S.CH4O/c1-6-20(4,5)26-19-24-16(21)15(18-23-14(11-27-18)12(2)3)17(25-19)22-13-9-7-8-10-13;1-2/h11,13H,2,6-10H2,1,3-5H3,(H2,22,24,25,26);2H,1H3. The van der Waals surface area contributed by atoms with Gasteiger partial charge in [0, 0.05) is 24.1 Å². The maximum Gasteiger partial charge on any atom is 0.226 e. The molecular formula is C21H32ClN5OS. The fourth-order valence-electron chi connectivity index (χ4n) is 3.02. The first-order valence-electron chi connectivity index (χ1n) is 9.98. The summed E-state index contributed by atoms with van der Waals surface area (Å²) in [4.78, 5) is 14.0. The van der Waals surface area contributed by atoms with E-state index in [1.165, 1.54) is 12.8 Å². The van der Waals surface area contributed by atoms with E-state index in [-0.39, 0.29) is 5.54 Å². The van der Waals surface area contributed by atoms with E-state index in [1.807, 2.05) is 12.3 Å². The van der Waals surface area contributed by atoms with Crippen LogP contribution < -0.4 is 10.6 Å². The van der Waals surface area contributed by atoms with E-state index in [0.29, 0.717) is 17.1 Å². The van der Waals surface area contributed by atoms with E-state index in [0.717, 1.165) is 54.0 Å². The van der Waals surface area contributed by atoms with E-state index >= 15 is 0 Å². The van der Waals surface area contributed by atoms with E-state index in [2.05, 4.69) is 43.0 Å². The van der Waals surface area contributed by atoms with Gasteiger partial charge in [0.2, 0.25) is 5.95 Å². The van der Waals surface area contributed by atoms with Gasteiger partial charge in [0.15, 0.2) is 0 Å². The maximum atomic E-state index is 7.00. The van der Waals surface area contributed by atoms with Gasteiger partial charge in [-0.05, 0) is 45.6 Å². The van der Waals surface area contributed by atoms with Crippen molar-refractivity contribution in [2.24, 2.45) is 0 Å². The number of halogens is 1. The molecule has 0 spiro atoms. The lowest BCUT2D eigenvalue weighted by Crippen LogP contribution is -2.31. The zero-order valence-electron chi connectivity index (χ0n) is 18.0. The Balaban J connectivity index is 0.00000145. The van der Waals surface area contributed by atoms with E-state index in [9.17, 15) is 0 Å². The summed E-state index contributed by atoms with van der Waals surface area (Å²) in [6.07, 6.45) is 5.75. The van der Waals surface area contributed by atoms with Gasteiger partial charge in [-0.1, -0.05) is 37.9 Å². The number of rotatable bonds is 7. The second-order valence-electron chi connectivity index (χ2n) is 7.87.